The molecule has 1 atom stereocenters. The molecule has 2 aromatic rings. The third kappa shape index (κ3) is 4.89. The number of alkyl halides is 3. The van der Waals surface area contributed by atoms with Crippen molar-refractivity contribution in [1.29, 1.82) is 0 Å². The van der Waals surface area contributed by atoms with Gasteiger partial charge < -0.3 is 10.5 Å². The van der Waals surface area contributed by atoms with Crippen molar-refractivity contribution in [2.75, 3.05) is 6.61 Å². The molecule has 0 unspecified atom stereocenters. The lowest BCUT2D eigenvalue weighted by atomic mass is 9.99. The Morgan fingerprint density at radius 1 is 1.14 bits per heavy atom. The fourth-order valence-electron chi connectivity index (χ4n) is 2.05. The highest BCUT2D eigenvalue weighted by Gasteiger charge is 2.30. The molecule has 7 heteroatoms. The van der Waals surface area contributed by atoms with Crippen LogP contribution < -0.4 is 5.73 Å². The first-order valence-electron chi connectivity index (χ1n) is 6.32. The van der Waals surface area contributed by atoms with Crippen molar-refractivity contribution >= 4 is 29.1 Å². The molecular weight excluding hydrogens is 319 g/mol. The molecule has 0 bridgehead atoms. The number of nitrogens with two attached hydrogens (primary N) is 1. The number of carbonyl (C=O) groups is 1. The minimum absolute atomic E-state index is 0. The third-order valence-electron chi connectivity index (χ3n) is 3.00. The standard InChI is InChI=1S/C15H14F3NO2.ClH/c16-15(17,18)9-21-14(20)13(19)8-11-6-3-5-10-4-1-2-7-12(10)11;/h1-7,13H,8-9,19H2;1H/t13-;/m0./s1. The second kappa shape index (κ2) is 7.47. The molecule has 2 N–H and O–H groups in total. The first-order chi connectivity index (χ1) is 9.87. The average molecular weight is 334 g/mol. The molecule has 0 saturated carbocycles. The number of carbonyl (C=O) groups excluding carboxylic acids is 1. The van der Waals surface area contributed by atoms with Gasteiger partial charge in [0, 0.05) is 0 Å². The maximum Gasteiger partial charge on any atom is 0.422 e. The van der Waals surface area contributed by atoms with E-state index in [4.69, 9.17) is 5.73 Å². The molecule has 0 radical (unpaired) electrons. The van der Waals surface area contributed by atoms with E-state index in [1.54, 1.807) is 6.07 Å². The lowest BCUT2D eigenvalue weighted by Crippen LogP contribution is -2.36. The van der Waals surface area contributed by atoms with Crippen LogP contribution in [0, 0.1) is 0 Å². The van der Waals surface area contributed by atoms with E-state index in [9.17, 15) is 18.0 Å². The quantitative estimate of drug-likeness (QED) is 0.874. The molecule has 22 heavy (non-hydrogen) atoms. The Morgan fingerprint density at radius 2 is 1.77 bits per heavy atom. The first-order valence-corrected chi connectivity index (χ1v) is 6.32. The molecule has 2 aromatic carbocycles. The minimum atomic E-state index is -4.55. The van der Waals surface area contributed by atoms with Gasteiger partial charge in [-0.05, 0) is 22.8 Å². The van der Waals surface area contributed by atoms with Gasteiger partial charge in [0.05, 0.1) is 0 Å². The van der Waals surface area contributed by atoms with Crippen molar-refractivity contribution in [3.63, 3.8) is 0 Å². The van der Waals surface area contributed by atoms with E-state index in [1.807, 2.05) is 36.4 Å². The lowest BCUT2D eigenvalue weighted by molar-refractivity contribution is -0.187. The predicted molar refractivity (Wildman–Crippen MR) is 79.9 cm³/mol. The maximum absolute atomic E-state index is 12.0. The maximum atomic E-state index is 12.0. The van der Waals surface area contributed by atoms with Crippen LogP contribution in [0.3, 0.4) is 0 Å². The summed E-state index contributed by atoms with van der Waals surface area (Å²) in [4.78, 5) is 11.5. The van der Waals surface area contributed by atoms with E-state index in [2.05, 4.69) is 4.74 Å². The van der Waals surface area contributed by atoms with Gasteiger partial charge >= 0.3 is 12.1 Å². The zero-order chi connectivity index (χ0) is 15.5. The number of hydrogen-bond acceptors (Lipinski definition) is 3. The Balaban J connectivity index is 0.00000242. The summed E-state index contributed by atoms with van der Waals surface area (Å²) in [6.45, 7) is -1.62. The zero-order valence-corrected chi connectivity index (χ0v) is 12.3. The van der Waals surface area contributed by atoms with Crippen LogP contribution in [0.15, 0.2) is 42.5 Å². The summed E-state index contributed by atoms with van der Waals surface area (Å²) in [5.41, 5.74) is 6.42. The van der Waals surface area contributed by atoms with Crippen LogP contribution in [0.4, 0.5) is 13.2 Å². The van der Waals surface area contributed by atoms with Gasteiger partial charge in [0.2, 0.25) is 0 Å². The fraction of sp³-hybridized carbons (Fsp3) is 0.267. The van der Waals surface area contributed by atoms with Crippen LogP contribution in [0.5, 0.6) is 0 Å². The van der Waals surface area contributed by atoms with Crippen molar-refractivity contribution in [1.82, 2.24) is 0 Å². The first kappa shape index (κ1) is 18.3. The number of esters is 1. The summed E-state index contributed by atoms with van der Waals surface area (Å²) in [5, 5.41) is 1.89. The van der Waals surface area contributed by atoms with Crippen molar-refractivity contribution < 1.29 is 22.7 Å². The molecule has 0 aliphatic rings. The number of ether oxygens (including phenoxy) is 1. The molecule has 0 aromatic heterocycles. The summed E-state index contributed by atoms with van der Waals surface area (Å²) >= 11 is 0. The normalized spacial score (nSPS) is 12.5. The summed E-state index contributed by atoms with van der Waals surface area (Å²) in [5.74, 6) is -1.06. The lowest BCUT2D eigenvalue weighted by Gasteiger charge is -2.14. The van der Waals surface area contributed by atoms with Crippen LogP contribution in [0.1, 0.15) is 5.56 Å². The van der Waals surface area contributed by atoms with Crippen LogP contribution in [-0.4, -0.2) is 24.8 Å². The summed E-state index contributed by atoms with van der Waals surface area (Å²) in [7, 11) is 0. The summed E-state index contributed by atoms with van der Waals surface area (Å²) in [6, 6.07) is 11.9. The number of hydrogen-bond donors (Lipinski definition) is 1. The molecule has 0 spiro atoms. The Kier molecular flexibility index (Phi) is 6.20. The van der Waals surface area contributed by atoms with E-state index in [1.165, 1.54) is 0 Å². The van der Waals surface area contributed by atoms with Gasteiger partial charge in [-0.15, -0.1) is 12.4 Å². The molecule has 0 heterocycles. The molecule has 0 fully saturated rings. The van der Waals surface area contributed by atoms with Crippen molar-refractivity contribution in [3.05, 3.63) is 48.0 Å². The minimum Gasteiger partial charge on any atom is -0.455 e. The van der Waals surface area contributed by atoms with Crippen molar-refractivity contribution in [2.45, 2.75) is 18.6 Å². The summed E-state index contributed by atoms with van der Waals surface area (Å²) < 4.78 is 40.2. The van der Waals surface area contributed by atoms with Crippen LogP contribution in [0.2, 0.25) is 0 Å². The number of fused-ring (bicyclic) bond motifs is 1. The van der Waals surface area contributed by atoms with Crippen LogP contribution >= 0.6 is 12.4 Å². The fourth-order valence-corrected chi connectivity index (χ4v) is 2.05. The molecule has 0 saturated heterocycles. The van der Waals surface area contributed by atoms with Gasteiger partial charge in [-0.25, -0.2) is 0 Å². The molecule has 0 aliphatic carbocycles. The predicted octanol–water partition coefficient (Wildman–Crippen LogP) is 3.24. The van der Waals surface area contributed by atoms with Gasteiger partial charge in [0.1, 0.15) is 6.04 Å². The van der Waals surface area contributed by atoms with E-state index in [0.29, 0.717) is 0 Å². The highest BCUT2D eigenvalue weighted by atomic mass is 35.5. The van der Waals surface area contributed by atoms with Gasteiger partial charge in [-0.3, -0.25) is 4.79 Å². The zero-order valence-electron chi connectivity index (χ0n) is 11.5. The van der Waals surface area contributed by atoms with E-state index >= 15 is 0 Å². The van der Waals surface area contributed by atoms with Gasteiger partial charge in [-0.1, -0.05) is 42.5 Å². The van der Waals surface area contributed by atoms with Crippen LogP contribution in [0.25, 0.3) is 10.8 Å². The number of benzene rings is 2. The molecule has 3 nitrogen and oxygen atoms in total. The third-order valence-corrected chi connectivity index (χ3v) is 3.00. The van der Waals surface area contributed by atoms with Crippen LogP contribution in [-0.2, 0) is 16.0 Å². The van der Waals surface area contributed by atoms with E-state index in [-0.39, 0.29) is 18.8 Å². The van der Waals surface area contributed by atoms with E-state index in [0.717, 1.165) is 16.3 Å². The largest absolute Gasteiger partial charge is 0.455 e. The van der Waals surface area contributed by atoms with E-state index < -0.39 is 24.8 Å². The average Bonchev–Trinajstić information content (AvgIpc) is 2.44. The highest BCUT2D eigenvalue weighted by Crippen LogP contribution is 2.20. The molecule has 120 valence electrons. The van der Waals surface area contributed by atoms with Crippen molar-refractivity contribution in [3.8, 4) is 0 Å². The molecule has 0 aliphatic heterocycles. The monoisotopic (exact) mass is 333 g/mol. The van der Waals surface area contributed by atoms with Gasteiger partial charge in [0.15, 0.2) is 6.61 Å². The van der Waals surface area contributed by atoms with Gasteiger partial charge in [-0.2, -0.15) is 13.2 Å². The molecule has 2 rings (SSSR count). The Labute approximate surface area is 131 Å². The summed E-state index contributed by atoms with van der Waals surface area (Å²) in [6.07, 6.45) is -4.42. The smallest absolute Gasteiger partial charge is 0.422 e. The SMILES string of the molecule is Cl.N[C@@H](Cc1cccc2ccccc12)C(=O)OCC(F)(F)F. The van der Waals surface area contributed by atoms with Crippen molar-refractivity contribution in [2.24, 2.45) is 5.73 Å². The number of halogens is 4. The Bertz CT molecular complexity index is 641. The molecular formula is C15H15ClF3NO2. The highest BCUT2D eigenvalue weighted by molar-refractivity contribution is 5.86. The van der Waals surface area contributed by atoms with Gasteiger partial charge in [0.25, 0.3) is 0 Å². The Morgan fingerprint density at radius 3 is 2.45 bits per heavy atom. The molecule has 0 amide bonds. The number of rotatable bonds is 4. The topological polar surface area (TPSA) is 52.3 Å². The Hall–Kier alpha value is -1.79. The second-order valence-corrected chi connectivity index (χ2v) is 4.67. The second-order valence-electron chi connectivity index (χ2n) is 4.67.